The zero-order chi connectivity index (χ0) is 12.4. The molecule has 0 bridgehead atoms. The van der Waals surface area contributed by atoms with Crippen LogP contribution in [0.15, 0.2) is 18.3 Å². The lowest BCUT2D eigenvalue weighted by Crippen LogP contribution is -2.29. The lowest BCUT2D eigenvalue weighted by atomic mass is 9.73. The van der Waals surface area contributed by atoms with Gasteiger partial charge in [-0.2, -0.15) is 0 Å². The van der Waals surface area contributed by atoms with Crippen molar-refractivity contribution in [2.45, 2.75) is 44.4 Å². The summed E-state index contributed by atoms with van der Waals surface area (Å²) in [5, 5.41) is 0. The Hall–Kier alpha value is -0.760. The standard InChI is InChI=1S/C15H21ClN2/c16-10-13-4-5-14(17-11-13)18-9-8-15(12-18)6-2-1-3-7-15/h4-5,11H,1-3,6-10,12H2. The van der Waals surface area contributed by atoms with Crippen molar-refractivity contribution in [3.8, 4) is 0 Å². The van der Waals surface area contributed by atoms with Crippen LogP contribution >= 0.6 is 11.6 Å². The fourth-order valence-corrected chi connectivity index (χ4v) is 3.68. The largest absolute Gasteiger partial charge is 0.356 e. The van der Waals surface area contributed by atoms with Crippen LogP contribution in [-0.4, -0.2) is 18.1 Å². The van der Waals surface area contributed by atoms with Gasteiger partial charge in [0.1, 0.15) is 5.82 Å². The summed E-state index contributed by atoms with van der Waals surface area (Å²) in [6.45, 7) is 2.38. The van der Waals surface area contributed by atoms with Crippen molar-refractivity contribution in [3.63, 3.8) is 0 Å². The Morgan fingerprint density at radius 2 is 2.00 bits per heavy atom. The number of aromatic nitrogens is 1. The molecule has 18 heavy (non-hydrogen) atoms. The Morgan fingerprint density at radius 3 is 2.67 bits per heavy atom. The van der Waals surface area contributed by atoms with Gasteiger partial charge in [-0.05, 0) is 36.3 Å². The lowest BCUT2D eigenvalue weighted by Gasteiger charge is -2.33. The predicted octanol–water partition coefficient (Wildman–Crippen LogP) is 3.98. The third-order valence-electron chi connectivity index (χ3n) is 4.64. The van der Waals surface area contributed by atoms with Crippen LogP contribution in [0.5, 0.6) is 0 Å². The van der Waals surface area contributed by atoms with E-state index in [1.807, 2.05) is 6.20 Å². The third-order valence-corrected chi connectivity index (χ3v) is 4.95. The van der Waals surface area contributed by atoms with E-state index >= 15 is 0 Å². The molecular weight excluding hydrogens is 244 g/mol. The number of nitrogens with zero attached hydrogens (tertiary/aromatic N) is 2. The van der Waals surface area contributed by atoms with E-state index in [1.54, 1.807) is 0 Å². The molecule has 2 nitrogen and oxygen atoms in total. The summed E-state index contributed by atoms with van der Waals surface area (Å²) >= 11 is 5.80. The van der Waals surface area contributed by atoms with Gasteiger partial charge in [-0.1, -0.05) is 25.3 Å². The molecule has 1 aromatic rings. The number of pyridine rings is 1. The first-order valence-electron chi connectivity index (χ1n) is 7.07. The summed E-state index contributed by atoms with van der Waals surface area (Å²) in [6.07, 6.45) is 10.4. The minimum atomic E-state index is 0.553. The summed E-state index contributed by atoms with van der Waals surface area (Å²) < 4.78 is 0. The number of halogens is 1. The molecule has 3 rings (SSSR count). The number of anilines is 1. The molecule has 0 unspecified atom stereocenters. The molecule has 1 saturated carbocycles. The molecule has 1 aromatic heterocycles. The van der Waals surface area contributed by atoms with Crippen LogP contribution < -0.4 is 4.90 Å². The van der Waals surface area contributed by atoms with Gasteiger partial charge in [-0.3, -0.25) is 0 Å². The van der Waals surface area contributed by atoms with Crippen molar-refractivity contribution >= 4 is 17.4 Å². The van der Waals surface area contributed by atoms with E-state index in [0.717, 1.165) is 11.4 Å². The topological polar surface area (TPSA) is 16.1 Å². The molecule has 98 valence electrons. The normalized spacial score (nSPS) is 22.6. The summed E-state index contributed by atoms with van der Waals surface area (Å²) in [4.78, 5) is 7.01. The molecule has 1 aliphatic heterocycles. The molecule has 0 atom stereocenters. The number of hydrogen-bond acceptors (Lipinski definition) is 2. The maximum absolute atomic E-state index is 5.80. The first kappa shape index (κ1) is 12.3. The van der Waals surface area contributed by atoms with Gasteiger partial charge in [0.05, 0.1) is 0 Å². The number of alkyl halides is 1. The zero-order valence-electron chi connectivity index (χ0n) is 10.9. The Balaban J connectivity index is 1.70. The minimum absolute atomic E-state index is 0.553. The highest BCUT2D eigenvalue weighted by Gasteiger charge is 2.39. The molecule has 3 heteroatoms. The van der Waals surface area contributed by atoms with Crippen molar-refractivity contribution in [2.24, 2.45) is 5.41 Å². The van der Waals surface area contributed by atoms with E-state index in [0.29, 0.717) is 11.3 Å². The minimum Gasteiger partial charge on any atom is -0.356 e. The quantitative estimate of drug-likeness (QED) is 0.751. The molecule has 1 saturated heterocycles. The van der Waals surface area contributed by atoms with Crippen molar-refractivity contribution in [2.75, 3.05) is 18.0 Å². The second-order valence-electron chi connectivity index (χ2n) is 5.89. The molecule has 1 spiro atoms. The van der Waals surface area contributed by atoms with Crippen LogP contribution in [0.3, 0.4) is 0 Å². The molecule has 0 amide bonds. The van der Waals surface area contributed by atoms with E-state index in [1.165, 1.54) is 51.6 Å². The molecule has 0 N–H and O–H groups in total. The lowest BCUT2D eigenvalue weighted by molar-refractivity contribution is 0.219. The van der Waals surface area contributed by atoms with Gasteiger partial charge in [0.2, 0.25) is 0 Å². The summed E-state index contributed by atoms with van der Waals surface area (Å²) in [6, 6.07) is 4.22. The summed E-state index contributed by atoms with van der Waals surface area (Å²) in [5.74, 6) is 1.68. The molecule has 2 fully saturated rings. The van der Waals surface area contributed by atoms with Crippen molar-refractivity contribution in [3.05, 3.63) is 23.9 Å². The molecule has 2 heterocycles. The molecule has 1 aliphatic carbocycles. The Labute approximate surface area is 114 Å². The van der Waals surface area contributed by atoms with E-state index in [-0.39, 0.29) is 0 Å². The SMILES string of the molecule is ClCc1ccc(N2CCC3(CCCCC3)C2)nc1. The van der Waals surface area contributed by atoms with Gasteiger partial charge in [0, 0.05) is 25.2 Å². The van der Waals surface area contributed by atoms with E-state index in [2.05, 4.69) is 22.0 Å². The Morgan fingerprint density at radius 1 is 1.17 bits per heavy atom. The van der Waals surface area contributed by atoms with Gasteiger partial charge in [-0.25, -0.2) is 4.98 Å². The Kier molecular flexibility index (Phi) is 3.47. The van der Waals surface area contributed by atoms with Crippen molar-refractivity contribution in [1.82, 2.24) is 4.98 Å². The van der Waals surface area contributed by atoms with Crippen LogP contribution in [0.1, 0.15) is 44.1 Å². The van der Waals surface area contributed by atoms with Gasteiger partial charge < -0.3 is 4.90 Å². The fraction of sp³-hybridized carbons (Fsp3) is 0.667. The molecule has 0 aromatic carbocycles. The third kappa shape index (κ3) is 2.35. The number of hydrogen-bond donors (Lipinski definition) is 0. The first-order valence-corrected chi connectivity index (χ1v) is 7.61. The van der Waals surface area contributed by atoms with Gasteiger partial charge >= 0.3 is 0 Å². The summed E-state index contributed by atoms with van der Waals surface area (Å²) in [5.41, 5.74) is 1.71. The van der Waals surface area contributed by atoms with E-state index in [4.69, 9.17) is 11.6 Å². The maximum atomic E-state index is 5.80. The van der Waals surface area contributed by atoms with Gasteiger partial charge in [-0.15, -0.1) is 11.6 Å². The smallest absolute Gasteiger partial charge is 0.128 e. The second-order valence-corrected chi connectivity index (χ2v) is 6.16. The highest BCUT2D eigenvalue weighted by Crippen LogP contribution is 2.44. The maximum Gasteiger partial charge on any atom is 0.128 e. The van der Waals surface area contributed by atoms with Crippen LogP contribution in [0.25, 0.3) is 0 Å². The van der Waals surface area contributed by atoms with E-state index < -0.39 is 0 Å². The average Bonchev–Trinajstić information content (AvgIpc) is 2.83. The van der Waals surface area contributed by atoms with Crippen molar-refractivity contribution < 1.29 is 0 Å². The summed E-state index contributed by atoms with van der Waals surface area (Å²) in [7, 11) is 0. The fourth-order valence-electron chi connectivity index (χ4n) is 3.52. The highest BCUT2D eigenvalue weighted by molar-refractivity contribution is 6.17. The average molecular weight is 265 g/mol. The van der Waals surface area contributed by atoms with E-state index in [9.17, 15) is 0 Å². The molecule has 2 aliphatic rings. The molecular formula is C15H21ClN2. The van der Waals surface area contributed by atoms with Crippen LogP contribution in [0.4, 0.5) is 5.82 Å². The Bertz CT molecular complexity index is 395. The van der Waals surface area contributed by atoms with Gasteiger partial charge in [0.25, 0.3) is 0 Å². The molecule has 0 radical (unpaired) electrons. The van der Waals surface area contributed by atoms with Crippen LogP contribution in [0.2, 0.25) is 0 Å². The van der Waals surface area contributed by atoms with Crippen LogP contribution in [-0.2, 0) is 5.88 Å². The number of rotatable bonds is 2. The zero-order valence-corrected chi connectivity index (χ0v) is 11.6. The van der Waals surface area contributed by atoms with Crippen LogP contribution in [0, 0.1) is 5.41 Å². The van der Waals surface area contributed by atoms with Crippen molar-refractivity contribution in [1.29, 1.82) is 0 Å². The van der Waals surface area contributed by atoms with Gasteiger partial charge in [0.15, 0.2) is 0 Å². The second kappa shape index (κ2) is 5.08. The predicted molar refractivity (Wildman–Crippen MR) is 76.1 cm³/mol. The first-order chi connectivity index (χ1) is 8.81. The highest BCUT2D eigenvalue weighted by atomic mass is 35.5. The monoisotopic (exact) mass is 264 g/mol.